The summed E-state index contributed by atoms with van der Waals surface area (Å²) in [5.74, 6) is -0.676. The van der Waals surface area contributed by atoms with Gasteiger partial charge in [0, 0.05) is 16.5 Å². The Hall–Kier alpha value is -2.35. The lowest BCUT2D eigenvalue weighted by molar-refractivity contribution is -0.137. The molecule has 130 valence electrons. The van der Waals surface area contributed by atoms with Crippen LogP contribution >= 0.6 is 15.9 Å². The van der Waals surface area contributed by atoms with Gasteiger partial charge in [-0.2, -0.15) is 13.2 Å². The van der Waals surface area contributed by atoms with Gasteiger partial charge in [-0.15, -0.1) is 0 Å². The molecule has 2 aromatic carbocycles. The number of hydrogen-bond donors (Lipinski definition) is 1. The molecule has 1 heterocycles. The molecule has 8 heteroatoms. The summed E-state index contributed by atoms with van der Waals surface area (Å²) in [7, 11) is 0. The molecule has 0 aromatic heterocycles. The minimum Gasteiger partial charge on any atom is -0.382 e. The molecule has 0 unspecified atom stereocenters. The second-order valence-electron chi connectivity index (χ2n) is 5.38. The minimum atomic E-state index is -4.56. The summed E-state index contributed by atoms with van der Waals surface area (Å²) in [5.41, 5.74) is 0.125. The molecule has 4 nitrogen and oxygen atoms in total. The lowest BCUT2D eigenvalue weighted by Crippen LogP contribution is -2.29. The Kier molecular flexibility index (Phi) is 4.80. The number of carbonyl (C=O) groups is 1. The van der Waals surface area contributed by atoms with Crippen LogP contribution in [0.4, 0.5) is 18.9 Å². The molecule has 2 aromatic rings. The van der Waals surface area contributed by atoms with Crippen molar-refractivity contribution in [2.75, 3.05) is 5.32 Å². The zero-order valence-electron chi connectivity index (χ0n) is 12.7. The molecular formula is C17H12BrF3N2O2. The molecule has 0 radical (unpaired) electrons. The molecule has 0 spiro atoms. The van der Waals surface area contributed by atoms with E-state index in [0.717, 1.165) is 16.1 Å². The first-order chi connectivity index (χ1) is 11.8. The van der Waals surface area contributed by atoms with Gasteiger partial charge in [0.15, 0.2) is 0 Å². The van der Waals surface area contributed by atoms with Crippen molar-refractivity contribution in [1.82, 2.24) is 0 Å². The van der Waals surface area contributed by atoms with Gasteiger partial charge < -0.3 is 10.2 Å². The fraction of sp³-hybridized carbons (Fsp3) is 0.176. The number of hydrogen-bond acceptors (Lipinski definition) is 3. The highest BCUT2D eigenvalue weighted by atomic mass is 79.9. The fourth-order valence-corrected chi connectivity index (χ4v) is 2.81. The number of oxime groups is 1. The van der Waals surface area contributed by atoms with Gasteiger partial charge in [0.05, 0.1) is 17.0 Å². The van der Waals surface area contributed by atoms with Gasteiger partial charge in [-0.05, 0) is 24.3 Å². The maximum atomic E-state index is 13.0. The smallest absolute Gasteiger partial charge is 0.382 e. The van der Waals surface area contributed by atoms with Gasteiger partial charge in [-0.25, -0.2) is 0 Å². The summed E-state index contributed by atoms with van der Waals surface area (Å²) in [4.78, 5) is 17.4. The van der Waals surface area contributed by atoms with Crippen molar-refractivity contribution in [2.45, 2.75) is 18.7 Å². The second-order valence-corrected chi connectivity index (χ2v) is 6.29. The van der Waals surface area contributed by atoms with Crippen molar-refractivity contribution < 1.29 is 22.8 Å². The number of amides is 1. The molecule has 1 atom stereocenters. The topological polar surface area (TPSA) is 50.7 Å². The summed E-state index contributed by atoms with van der Waals surface area (Å²) >= 11 is 3.34. The van der Waals surface area contributed by atoms with E-state index in [-0.39, 0.29) is 12.1 Å². The molecule has 1 amide bonds. The summed E-state index contributed by atoms with van der Waals surface area (Å²) in [6, 6.07) is 12.1. The quantitative estimate of drug-likeness (QED) is 0.800. The Labute approximate surface area is 149 Å². The van der Waals surface area contributed by atoms with E-state index in [2.05, 4.69) is 26.4 Å². The van der Waals surface area contributed by atoms with Gasteiger partial charge in [-0.1, -0.05) is 45.4 Å². The Balaban J connectivity index is 1.71. The van der Waals surface area contributed by atoms with E-state index in [1.54, 1.807) is 0 Å². The maximum absolute atomic E-state index is 13.0. The van der Waals surface area contributed by atoms with Crippen LogP contribution in [0.1, 0.15) is 17.5 Å². The Morgan fingerprint density at radius 2 is 1.96 bits per heavy atom. The van der Waals surface area contributed by atoms with E-state index in [1.807, 2.05) is 24.3 Å². The molecule has 1 N–H and O–H groups in total. The SMILES string of the molecule is O=C(Nc1ccccc1C(F)(F)F)[C@@H]1CC(c2cccc(Br)c2)=NO1. The van der Waals surface area contributed by atoms with Gasteiger partial charge in [-0.3, -0.25) is 4.79 Å². The van der Waals surface area contributed by atoms with Crippen LogP contribution in [0.3, 0.4) is 0 Å². The standard InChI is InChI=1S/C17H12BrF3N2O2/c18-11-5-3-4-10(8-11)14-9-15(25-23-14)16(24)22-13-7-2-1-6-12(13)17(19,20)21/h1-8,15H,9H2,(H,22,24)/t15-/m0/s1. The van der Waals surface area contributed by atoms with Gasteiger partial charge >= 0.3 is 6.18 Å². The third kappa shape index (κ3) is 4.01. The molecule has 1 aliphatic heterocycles. The van der Waals surface area contributed by atoms with E-state index < -0.39 is 23.8 Å². The van der Waals surface area contributed by atoms with Crippen LogP contribution in [0.2, 0.25) is 0 Å². The van der Waals surface area contributed by atoms with Crippen molar-refractivity contribution in [3.8, 4) is 0 Å². The van der Waals surface area contributed by atoms with Crippen LogP contribution in [0.5, 0.6) is 0 Å². The highest BCUT2D eigenvalue weighted by Gasteiger charge is 2.35. The number of nitrogens with one attached hydrogen (secondary N) is 1. The summed E-state index contributed by atoms with van der Waals surface area (Å²) < 4.78 is 39.8. The highest BCUT2D eigenvalue weighted by molar-refractivity contribution is 9.10. The van der Waals surface area contributed by atoms with E-state index >= 15 is 0 Å². The number of alkyl halides is 3. The van der Waals surface area contributed by atoms with Crippen LogP contribution in [0.15, 0.2) is 58.2 Å². The van der Waals surface area contributed by atoms with Crippen LogP contribution in [0, 0.1) is 0 Å². The normalized spacial score (nSPS) is 17.0. The Morgan fingerprint density at radius 1 is 1.20 bits per heavy atom. The van der Waals surface area contributed by atoms with Crippen LogP contribution < -0.4 is 5.32 Å². The number of halogens is 4. The number of para-hydroxylation sites is 1. The number of nitrogens with zero attached hydrogens (tertiary/aromatic N) is 1. The first-order valence-corrected chi connectivity index (χ1v) is 8.09. The third-order valence-corrected chi connectivity index (χ3v) is 4.10. The zero-order valence-corrected chi connectivity index (χ0v) is 14.3. The summed E-state index contributed by atoms with van der Waals surface area (Å²) in [6.07, 6.45) is -5.36. The van der Waals surface area contributed by atoms with Gasteiger partial charge in [0.1, 0.15) is 0 Å². The first-order valence-electron chi connectivity index (χ1n) is 7.30. The first kappa shape index (κ1) is 17.5. The molecule has 0 saturated carbocycles. The van der Waals surface area contributed by atoms with Crippen molar-refractivity contribution in [1.29, 1.82) is 0 Å². The number of anilines is 1. The summed E-state index contributed by atoms with van der Waals surface area (Å²) in [6.45, 7) is 0. The molecule has 1 aliphatic rings. The minimum absolute atomic E-state index is 0.177. The van der Waals surface area contributed by atoms with E-state index in [1.165, 1.54) is 18.2 Å². The zero-order chi connectivity index (χ0) is 18.0. The van der Waals surface area contributed by atoms with E-state index in [4.69, 9.17) is 4.84 Å². The highest BCUT2D eigenvalue weighted by Crippen LogP contribution is 2.34. The molecular weight excluding hydrogens is 401 g/mol. The molecule has 0 saturated heterocycles. The average Bonchev–Trinajstić information content (AvgIpc) is 3.04. The molecule has 0 bridgehead atoms. The predicted molar refractivity (Wildman–Crippen MR) is 90.2 cm³/mol. The van der Waals surface area contributed by atoms with E-state index in [9.17, 15) is 18.0 Å². The van der Waals surface area contributed by atoms with Crippen molar-refractivity contribution >= 4 is 33.2 Å². The van der Waals surface area contributed by atoms with Crippen molar-refractivity contribution in [3.63, 3.8) is 0 Å². The van der Waals surface area contributed by atoms with Crippen LogP contribution in [-0.2, 0) is 15.8 Å². The molecule has 0 fully saturated rings. The largest absolute Gasteiger partial charge is 0.418 e. The summed E-state index contributed by atoms with van der Waals surface area (Å²) in [5, 5.41) is 6.15. The number of rotatable bonds is 3. The van der Waals surface area contributed by atoms with Crippen molar-refractivity contribution in [3.05, 3.63) is 64.1 Å². The second kappa shape index (κ2) is 6.87. The van der Waals surface area contributed by atoms with Gasteiger partial charge in [0.25, 0.3) is 5.91 Å². The lowest BCUT2D eigenvalue weighted by Gasteiger charge is -2.15. The number of benzene rings is 2. The monoisotopic (exact) mass is 412 g/mol. The lowest BCUT2D eigenvalue weighted by atomic mass is 10.0. The van der Waals surface area contributed by atoms with Crippen LogP contribution in [0.25, 0.3) is 0 Å². The fourth-order valence-electron chi connectivity index (χ4n) is 2.41. The van der Waals surface area contributed by atoms with Crippen LogP contribution in [-0.4, -0.2) is 17.7 Å². The third-order valence-electron chi connectivity index (χ3n) is 3.61. The number of carbonyl (C=O) groups excluding carboxylic acids is 1. The predicted octanol–water partition coefficient (Wildman–Crippen LogP) is 4.60. The van der Waals surface area contributed by atoms with Crippen molar-refractivity contribution in [2.24, 2.45) is 5.16 Å². The van der Waals surface area contributed by atoms with E-state index in [0.29, 0.717) is 5.71 Å². The Bertz CT molecular complexity index is 837. The molecule has 3 rings (SSSR count). The maximum Gasteiger partial charge on any atom is 0.418 e. The van der Waals surface area contributed by atoms with Gasteiger partial charge in [0.2, 0.25) is 6.10 Å². The molecule has 0 aliphatic carbocycles. The Morgan fingerprint density at radius 3 is 2.68 bits per heavy atom. The average molecular weight is 413 g/mol. The molecule has 25 heavy (non-hydrogen) atoms.